The molecule has 3 aromatic rings. The van der Waals surface area contributed by atoms with Gasteiger partial charge in [-0.1, -0.05) is 18.2 Å². The molecule has 4 rings (SSSR count). The van der Waals surface area contributed by atoms with Crippen molar-refractivity contribution < 1.29 is 9.32 Å². The third kappa shape index (κ3) is 2.87. The fourth-order valence-corrected chi connectivity index (χ4v) is 4.17. The van der Waals surface area contributed by atoms with Crippen molar-refractivity contribution in [1.29, 1.82) is 4.78 Å². The summed E-state index contributed by atoms with van der Waals surface area (Å²) < 4.78 is 20.2. The van der Waals surface area contributed by atoms with Gasteiger partial charge in [0.25, 0.3) is 0 Å². The molecule has 7 heteroatoms. The van der Waals surface area contributed by atoms with E-state index in [9.17, 15) is 9.32 Å². The summed E-state index contributed by atoms with van der Waals surface area (Å²) in [7, 11) is -2.87. The minimum absolute atomic E-state index is 0.361. The Hall–Kier alpha value is -2.38. The lowest BCUT2D eigenvalue weighted by Crippen LogP contribution is -2.23. The van der Waals surface area contributed by atoms with Crippen LogP contribution < -0.4 is 4.90 Å². The number of benzene rings is 1. The molecule has 26 heavy (non-hydrogen) atoms. The van der Waals surface area contributed by atoms with E-state index in [1.54, 1.807) is 6.07 Å². The first-order valence-corrected chi connectivity index (χ1v) is 10.6. The first-order chi connectivity index (χ1) is 12.3. The molecule has 1 fully saturated rings. The first-order valence-electron chi connectivity index (χ1n) is 8.59. The van der Waals surface area contributed by atoms with Gasteiger partial charge in [0.2, 0.25) is 0 Å². The Morgan fingerprint density at radius 3 is 2.81 bits per heavy atom. The smallest absolute Gasteiger partial charge is 0.138 e. The Kier molecular flexibility index (Phi) is 4.00. The van der Waals surface area contributed by atoms with Gasteiger partial charge in [0.05, 0.1) is 26.4 Å². The number of rotatable bonds is 3. The van der Waals surface area contributed by atoms with Crippen LogP contribution in [0.5, 0.6) is 0 Å². The van der Waals surface area contributed by atoms with E-state index in [1.807, 2.05) is 25.1 Å². The van der Waals surface area contributed by atoms with Crippen molar-refractivity contribution in [3.63, 3.8) is 0 Å². The van der Waals surface area contributed by atoms with Crippen LogP contribution in [0.2, 0.25) is 0 Å². The molecule has 0 bridgehead atoms. The monoisotopic (exact) mass is 370 g/mol. The zero-order valence-electron chi connectivity index (χ0n) is 14.8. The molecule has 1 saturated heterocycles. The van der Waals surface area contributed by atoms with Crippen LogP contribution in [0, 0.1) is 11.7 Å². The van der Waals surface area contributed by atoms with E-state index in [4.69, 9.17) is 4.78 Å². The molecule has 2 atom stereocenters. The summed E-state index contributed by atoms with van der Waals surface area (Å²) in [5, 5.41) is 11.1. The first kappa shape index (κ1) is 17.1. The van der Waals surface area contributed by atoms with Crippen molar-refractivity contribution in [2.45, 2.75) is 24.3 Å². The SMILES string of the molecule is Cc1c(-c2cc([S@@](C)(=N)=O)cnc2N2CC[C@H](O)C2)[nH]c2ccccc12. The van der Waals surface area contributed by atoms with Crippen LogP contribution in [0.1, 0.15) is 12.0 Å². The van der Waals surface area contributed by atoms with Crippen molar-refractivity contribution in [3.8, 4) is 11.3 Å². The Morgan fingerprint density at radius 2 is 2.15 bits per heavy atom. The molecule has 0 spiro atoms. The number of nitrogens with one attached hydrogen (secondary N) is 2. The standard InChI is InChI=1S/C19H22N4O2S/c1-12-15-5-3-4-6-17(15)22-18(12)16-9-14(26(2,20)25)10-21-19(16)23-8-7-13(24)11-23/h3-6,9-10,13,20,22,24H,7-8,11H2,1-2H3/t13-,26-/m0/s1. The van der Waals surface area contributed by atoms with Crippen LogP contribution in [-0.4, -0.2) is 44.7 Å². The van der Waals surface area contributed by atoms with E-state index in [1.165, 1.54) is 12.5 Å². The molecule has 0 aliphatic carbocycles. The predicted octanol–water partition coefficient (Wildman–Crippen LogP) is 3.14. The molecule has 3 N–H and O–H groups in total. The Labute approximate surface area is 152 Å². The number of para-hydroxylation sites is 1. The second-order valence-corrected chi connectivity index (χ2v) is 9.10. The van der Waals surface area contributed by atoms with Crippen LogP contribution >= 0.6 is 0 Å². The number of aryl methyl sites for hydroxylation is 1. The molecule has 0 unspecified atom stereocenters. The number of hydrogen-bond donors (Lipinski definition) is 3. The van der Waals surface area contributed by atoms with Crippen LogP contribution in [0.15, 0.2) is 41.4 Å². The molecule has 6 nitrogen and oxygen atoms in total. The number of H-pyrrole nitrogens is 1. The van der Waals surface area contributed by atoms with Gasteiger partial charge < -0.3 is 15.0 Å². The van der Waals surface area contributed by atoms with Gasteiger partial charge in [-0.25, -0.2) is 14.0 Å². The number of aromatic nitrogens is 2. The number of aliphatic hydroxyl groups is 1. The predicted molar refractivity (Wildman–Crippen MR) is 104 cm³/mol. The van der Waals surface area contributed by atoms with E-state index in [0.717, 1.165) is 40.1 Å². The van der Waals surface area contributed by atoms with E-state index >= 15 is 0 Å². The lowest BCUT2D eigenvalue weighted by atomic mass is 10.1. The molecular formula is C19H22N4O2S. The fraction of sp³-hybridized carbons (Fsp3) is 0.316. The quantitative estimate of drug-likeness (QED) is 0.660. The number of hydrogen-bond acceptors (Lipinski definition) is 5. The zero-order chi connectivity index (χ0) is 18.5. The van der Waals surface area contributed by atoms with E-state index < -0.39 is 9.73 Å². The number of fused-ring (bicyclic) bond motifs is 1. The average molecular weight is 370 g/mol. The van der Waals surface area contributed by atoms with Crippen molar-refractivity contribution in [2.75, 3.05) is 24.2 Å². The second kappa shape index (κ2) is 6.10. The molecule has 1 aliphatic rings. The van der Waals surface area contributed by atoms with Gasteiger partial charge in [0, 0.05) is 42.0 Å². The number of pyridine rings is 1. The summed E-state index contributed by atoms with van der Waals surface area (Å²) >= 11 is 0. The molecule has 3 heterocycles. The molecule has 0 amide bonds. The maximum Gasteiger partial charge on any atom is 0.138 e. The van der Waals surface area contributed by atoms with Crippen LogP contribution in [-0.2, 0) is 9.73 Å². The Morgan fingerprint density at radius 1 is 1.38 bits per heavy atom. The van der Waals surface area contributed by atoms with Gasteiger partial charge in [-0.3, -0.25) is 0 Å². The number of aromatic amines is 1. The zero-order valence-corrected chi connectivity index (χ0v) is 15.6. The van der Waals surface area contributed by atoms with Gasteiger partial charge in [-0.05, 0) is 31.0 Å². The second-order valence-electron chi connectivity index (χ2n) is 6.94. The summed E-state index contributed by atoms with van der Waals surface area (Å²) in [4.78, 5) is 10.5. The highest BCUT2D eigenvalue weighted by Crippen LogP contribution is 2.37. The third-order valence-electron chi connectivity index (χ3n) is 4.99. The molecule has 1 aliphatic heterocycles. The average Bonchev–Trinajstić information content (AvgIpc) is 3.18. The van der Waals surface area contributed by atoms with E-state index in [-0.39, 0.29) is 6.10 Å². The number of anilines is 1. The van der Waals surface area contributed by atoms with Gasteiger partial charge >= 0.3 is 0 Å². The summed E-state index contributed by atoms with van der Waals surface area (Å²) in [6.07, 6.45) is 3.28. The maximum absolute atomic E-state index is 12.3. The van der Waals surface area contributed by atoms with Crippen LogP contribution in [0.3, 0.4) is 0 Å². The highest BCUT2D eigenvalue weighted by atomic mass is 32.2. The lowest BCUT2D eigenvalue weighted by molar-refractivity contribution is 0.198. The Balaban J connectivity index is 1.95. The normalized spacial score (nSPS) is 19.8. The molecule has 0 radical (unpaired) electrons. The van der Waals surface area contributed by atoms with Gasteiger partial charge in [0.15, 0.2) is 0 Å². The van der Waals surface area contributed by atoms with Crippen molar-refractivity contribution in [1.82, 2.24) is 9.97 Å². The minimum Gasteiger partial charge on any atom is -0.391 e. The third-order valence-corrected chi connectivity index (χ3v) is 6.11. The maximum atomic E-state index is 12.3. The molecule has 2 aromatic heterocycles. The van der Waals surface area contributed by atoms with Gasteiger partial charge in [-0.2, -0.15) is 0 Å². The minimum atomic E-state index is -2.87. The molecule has 1 aromatic carbocycles. The van der Waals surface area contributed by atoms with Crippen molar-refractivity contribution in [2.24, 2.45) is 0 Å². The summed E-state index contributed by atoms with van der Waals surface area (Å²) in [5.74, 6) is 0.753. The lowest BCUT2D eigenvalue weighted by Gasteiger charge is -2.21. The van der Waals surface area contributed by atoms with E-state index in [2.05, 4.69) is 20.9 Å². The van der Waals surface area contributed by atoms with Crippen molar-refractivity contribution >= 4 is 26.4 Å². The topological polar surface area (TPSA) is 93.1 Å². The number of aliphatic hydroxyl groups excluding tert-OH is 1. The number of nitrogens with zero attached hydrogens (tertiary/aromatic N) is 2. The summed E-state index contributed by atoms with van der Waals surface area (Å²) in [6.45, 7) is 3.30. The summed E-state index contributed by atoms with van der Waals surface area (Å²) in [6, 6.07) is 9.88. The highest BCUT2D eigenvalue weighted by Gasteiger charge is 2.26. The van der Waals surface area contributed by atoms with Crippen molar-refractivity contribution in [3.05, 3.63) is 42.1 Å². The molecule has 0 saturated carbocycles. The highest BCUT2D eigenvalue weighted by molar-refractivity contribution is 7.91. The van der Waals surface area contributed by atoms with Gasteiger partial charge in [0.1, 0.15) is 5.82 Å². The van der Waals surface area contributed by atoms with Crippen LogP contribution in [0.4, 0.5) is 5.82 Å². The van der Waals surface area contributed by atoms with E-state index in [0.29, 0.717) is 17.9 Å². The molecule has 136 valence electrons. The Bertz CT molecular complexity index is 1090. The molecular weight excluding hydrogens is 348 g/mol. The van der Waals surface area contributed by atoms with Crippen LogP contribution in [0.25, 0.3) is 22.2 Å². The summed E-state index contributed by atoms with van der Waals surface area (Å²) in [5.41, 5.74) is 3.86. The van der Waals surface area contributed by atoms with Gasteiger partial charge in [-0.15, -0.1) is 0 Å². The number of β-amino-alcohol motifs (C(OH)–C–C–N with tert-alkyl or cyclic N) is 1. The largest absolute Gasteiger partial charge is 0.391 e. The fourth-order valence-electron chi connectivity index (χ4n) is 3.57.